The summed E-state index contributed by atoms with van der Waals surface area (Å²) in [6.45, 7) is 6.20. The number of carbonyl (C=O) groups is 1. The van der Waals surface area contributed by atoms with Crippen LogP contribution in [0.4, 0.5) is 0 Å². The lowest BCUT2D eigenvalue weighted by Gasteiger charge is -2.19. The Balaban J connectivity index is 2.08. The first-order chi connectivity index (χ1) is 7.99. The summed E-state index contributed by atoms with van der Waals surface area (Å²) < 4.78 is 0. The van der Waals surface area contributed by atoms with Gasteiger partial charge in [-0.1, -0.05) is 6.92 Å². The molecule has 17 heavy (non-hydrogen) atoms. The fraction of sp³-hybridized carbons (Fsp3) is 0.923. The van der Waals surface area contributed by atoms with Crippen LogP contribution < -0.4 is 0 Å². The van der Waals surface area contributed by atoms with Crippen molar-refractivity contribution in [1.82, 2.24) is 9.80 Å². The van der Waals surface area contributed by atoms with Crippen molar-refractivity contribution in [2.75, 3.05) is 40.3 Å². The van der Waals surface area contributed by atoms with E-state index in [1.54, 1.807) is 6.92 Å². The lowest BCUT2D eigenvalue weighted by atomic mass is 10.0. The van der Waals surface area contributed by atoms with Gasteiger partial charge in [-0.2, -0.15) is 0 Å². The van der Waals surface area contributed by atoms with Crippen LogP contribution in [0.15, 0.2) is 0 Å². The molecule has 0 saturated carbocycles. The van der Waals surface area contributed by atoms with Gasteiger partial charge in [0.1, 0.15) is 0 Å². The molecule has 2 unspecified atom stereocenters. The first-order valence-corrected chi connectivity index (χ1v) is 6.59. The minimum absolute atomic E-state index is 0.227. The number of likely N-dealkylation sites (tertiary alicyclic amines) is 1. The van der Waals surface area contributed by atoms with Crippen LogP contribution in [-0.2, 0) is 4.79 Å². The standard InChI is InChI=1S/C13H26N2O2/c1-11(13(16)17)4-7-14(2)8-5-12-6-9-15(3)10-12/h11-12H,4-10H2,1-3H3,(H,16,17). The maximum absolute atomic E-state index is 10.7. The number of hydrogen-bond donors (Lipinski definition) is 1. The van der Waals surface area contributed by atoms with E-state index in [1.165, 1.54) is 25.9 Å². The third kappa shape index (κ3) is 5.50. The minimum Gasteiger partial charge on any atom is -0.481 e. The molecule has 0 aromatic rings. The lowest BCUT2D eigenvalue weighted by molar-refractivity contribution is -0.141. The number of carboxylic acid groups (broad SMARTS) is 1. The minimum atomic E-state index is -0.684. The molecule has 1 rings (SSSR count). The third-order valence-electron chi connectivity index (χ3n) is 3.77. The van der Waals surface area contributed by atoms with Gasteiger partial charge in [0.05, 0.1) is 5.92 Å². The van der Waals surface area contributed by atoms with Crippen molar-refractivity contribution in [1.29, 1.82) is 0 Å². The Morgan fingerprint density at radius 3 is 2.76 bits per heavy atom. The molecule has 0 radical (unpaired) electrons. The SMILES string of the molecule is CC(CCN(C)CCC1CCN(C)C1)C(=O)O. The molecule has 4 nitrogen and oxygen atoms in total. The molecule has 0 bridgehead atoms. The molecule has 0 amide bonds. The molecule has 0 aromatic carbocycles. The van der Waals surface area contributed by atoms with E-state index >= 15 is 0 Å². The van der Waals surface area contributed by atoms with Crippen LogP contribution in [-0.4, -0.2) is 61.2 Å². The smallest absolute Gasteiger partial charge is 0.306 e. The summed E-state index contributed by atoms with van der Waals surface area (Å²) in [6, 6.07) is 0. The van der Waals surface area contributed by atoms with E-state index in [1.807, 2.05) is 0 Å². The largest absolute Gasteiger partial charge is 0.481 e. The van der Waals surface area contributed by atoms with Crippen LogP contribution in [0.2, 0.25) is 0 Å². The van der Waals surface area contributed by atoms with Crippen molar-refractivity contribution in [3.63, 3.8) is 0 Å². The third-order valence-corrected chi connectivity index (χ3v) is 3.77. The van der Waals surface area contributed by atoms with Crippen LogP contribution in [0.1, 0.15) is 26.2 Å². The highest BCUT2D eigenvalue weighted by Gasteiger charge is 2.19. The van der Waals surface area contributed by atoms with E-state index in [2.05, 4.69) is 23.9 Å². The average molecular weight is 242 g/mol. The van der Waals surface area contributed by atoms with Gasteiger partial charge in [0.25, 0.3) is 0 Å². The number of carboxylic acids is 1. The first-order valence-electron chi connectivity index (χ1n) is 6.59. The highest BCUT2D eigenvalue weighted by atomic mass is 16.4. The van der Waals surface area contributed by atoms with Gasteiger partial charge in [-0.25, -0.2) is 0 Å². The maximum Gasteiger partial charge on any atom is 0.306 e. The van der Waals surface area contributed by atoms with Crippen LogP contribution in [0, 0.1) is 11.8 Å². The predicted molar refractivity (Wildman–Crippen MR) is 69.1 cm³/mol. The number of rotatable bonds is 7. The molecular weight excluding hydrogens is 216 g/mol. The van der Waals surface area contributed by atoms with E-state index in [4.69, 9.17) is 5.11 Å². The molecule has 0 spiro atoms. The normalized spacial score (nSPS) is 23.2. The Bertz CT molecular complexity index is 246. The molecule has 1 fully saturated rings. The zero-order valence-electron chi connectivity index (χ0n) is 11.4. The fourth-order valence-corrected chi connectivity index (χ4v) is 2.31. The van der Waals surface area contributed by atoms with E-state index in [9.17, 15) is 4.79 Å². The Morgan fingerprint density at radius 2 is 2.24 bits per heavy atom. The van der Waals surface area contributed by atoms with Gasteiger partial charge >= 0.3 is 5.97 Å². The van der Waals surface area contributed by atoms with Gasteiger partial charge in [0, 0.05) is 6.54 Å². The molecule has 1 aliphatic heterocycles. The van der Waals surface area contributed by atoms with E-state index in [0.717, 1.165) is 25.4 Å². The number of nitrogens with zero attached hydrogens (tertiary/aromatic N) is 2. The number of hydrogen-bond acceptors (Lipinski definition) is 3. The molecule has 1 aliphatic rings. The zero-order valence-corrected chi connectivity index (χ0v) is 11.4. The Kier molecular flexibility index (Phi) is 5.92. The zero-order chi connectivity index (χ0) is 12.8. The molecule has 1 N–H and O–H groups in total. The van der Waals surface area contributed by atoms with Crippen molar-refractivity contribution in [3.8, 4) is 0 Å². The lowest BCUT2D eigenvalue weighted by Crippen LogP contribution is -2.26. The Morgan fingerprint density at radius 1 is 1.53 bits per heavy atom. The molecule has 1 saturated heterocycles. The highest BCUT2D eigenvalue weighted by molar-refractivity contribution is 5.69. The molecule has 0 aromatic heterocycles. The predicted octanol–water partition coefficient (Wildman–Crippen LogP) is 1.37. The van der Waals surface area contributed by atoms with Gasteiger partial charge in [0.2, 0.25) is 0 Å². The monoisotopic (exact) mass is 242 g/mol. The fourth-order valence-electron chi connectivity index (χ4n) is 2.31. The van der Waals surface area contributed by atoms with Crippen molar-refractivity contribution in [2.24, 2.45) is 11.8 Å². The van der Waals surface area contributed by atoms with Crippen molar-refractivity contribution in [3.05, 3.63) is 0 Å². The summed E-state index contributed by atoms with van der Waals surface area (Å²) in [5.41, 5.74) is 0. The molecule has 1 heterocycles. The molecule has 0 aliphatic carbocycles. The topological polar surface area (TPSA) is 43.8 Å². The van der Waals surface area contributed by atoms with Crippen molar-refractivity contribution < 1.29 is 9.90 Å². The van der Waals surface area contributed by atoms with Gasteiger partial charge in [0.15, 0.2) is 0 Å². The quantitative estimate of drug-likeness (QED) is 0.732. The number of aliphatic carboxylic acids is 1. The summed E-state index contributed by atoms with van der Waals surface area (Å²) in [7, 11) is 4.27. The van der Waals surface area contributed by atoms with Crippen LogP contribution in [0.5, 0.6) is 0 Å². The molecular formula is C13H26N2O2. The summed E-state index contributed by atoms with van der Waals surface area (Å²) >= 11 is 0. The Hall–Kier alpha value is -0.610. The second-order valence-corrected chi connectivity index (χ2v) is 5.54. The highest BCUT2D eigenvalue weighted by Crippen LogP contribution is 2.18. The van der Waals surface area contributed by atoms with Gasteiger partial charge in [-0.05, 0) is 58.9 Å². The van der Waals surface area contributed by atoms with Crippen LogP contribution in [0.25, 0.3) is 0 Å². The van der Waals surface area contributed by atoms with E-state index < -0.39 is 5.97 Å². The summed E-state index contributed by atoms with van der Waals surface area (Å²) in [4.78, 5) is 15.3. The summed E-state index contributed by atoms with van der Waals surface area (Å²) in [5.74, 6) is -0.0785. The first kappa shape index (κ1) is 14.5. The maximum atomic E-state index is 10.7. The van der Waals surface area contributed by atoms with Gasteiger partial charge < -0.3 is 14.9 Å². The Labute approximate surface area is 105 Å². The average Bonchev–Trinajstić information content (AvgIpc) is 2.69. The summed E-state index contributed by atoms with van der Waals surface area (Å²) in [5, 5.41) is 8.80. The molecule has 4 heteroatoms. The molecule has 2 atom stereocenters. The van der Waals surface area contributed by atoms with E-state index in [-0.39, 0.29) is 5.92 Å². The van der Waals surface area contributed by atoms with Crippen molar-refractivity contribution in [2.45, 2.75) is 26.2 Å². The summed E-state index contributed by atoms with van der Waals surface area (Å²) in [6.07, 6.45) is 3.30. The van der Waals surface area contributed by atoms with E-state index in [0.29, 0.717) is 0 Å². The van der Waals surface area contributed by atoms with Crippen molar-refractivity contribution >= 4 is 5.97 Å². The van der Waals surface area contributed by atoms with Gasteiger partial charge in [-0.3, -0.25) is 4.79 Å². The van der Waals surface area contributed by atoms with Crippen LogP contribution >= 0.6 is 0 Å². The second kappa shape index (κ2) is 6.97. The molecule has 100 valence electrons. The second-order valence-electron chi connectivity index (χ2n) is 5.54. The van der Waals surface area contributed by atoms with Crippen LogP contribution in [0.3, 0.4) is 0 Å². The van der Waals surface area contributed by atoms with Gasteiger partial charge in [-0.15, -0.1) is 0 Å².